The van der Waals surface area contributed by atoms with Gasteiger partial charge in [-0.1, -0.05) is 61.4 Å². The zero-order valence-corrected chi connectivity index (χ0v) is 20.9. The minimum Gasteiger partial charge on any atom is -0.266 e. The number of allylic oxidation sites excluding steroid dienone is 2. The van der Waals surface area contributed by atoms with E-state index in [4.69, 9.17) is 8.37 Å². The van der Waals surface area contributed by atoms with Gasteiger partial charge in [0.2, 0.25) is 0 Å². The molecular formula is C25H30O6S2. The highest BCUT2D eigenvalue weighted by Crippen LogP contribution is 2.63. The number of hydrogen-bond donors (Lipinski definition) is 0. The molecule has 0 amide bonds. The molecule has 2 aliphatic rings. The van der Waals surface area contributed by atoms with Crippen LogP contribution >= 0.6 is 0 Å². The van der Waals surface area contributed by atoms with Gasteiger partial charge < -0.3 is 0 Å². The van der Waals surface area contributed by atoms with E-state index in [1.807, 2.05) is 27.7 Å². The third-order valence-corrected chi connectivity index (χ3v) is 10.2. The zero-order valence-electron chi connectivity index (χ0n) is 19.3. The molecule has 0 unspecified atom stereocenters. The van der Waals surface area contributed by atoms with Gasteiger partial charge in [-0.2, -0.15) is 16.8 Å². The first-order valence-corrected chi connectivity index (χ1v) is 13.8. The van der Waals surface area contributed by atoms with Crippen molar-refractivity contribution in [2.45, 2.75) is 43.9 Å². The van der Waals surface area contributed by atoms with Gasteiger partial charge in [-0.05, 0) is 56.4 Å². The summed E-state index contributed by atoms with van der Waals surface area (Å²) in [7, 11) is -7.89. The molecule has 178 valence electrons. The maximum atomic E-state index is 12.8. The lowest BCUT2D eigenvalue weighted by molar-refractivity contribution is -0.0228. The van der Waals surface area contributed by atoms with Crippen LogP contribution in [-0.4, -0.2) is 30.0 Å². The summed E-state index contributed by atoms with van der Waals surface area (Å²) in [5, 5.41) is 0. The van der Waals surface area contributed by atoms with Gasteiger partial charge in [0.15, 0.2) is 0 Å². The van der Waals surface area contributed by atoms with Crippen molar-refractivity contribution >= 4 is 20.2 Å². The largest absolute Gasteiger partial charge is 0.296 e. The van der Waals surface area contributed by atoms with Crippen molar-refractivity contribution in [2.75, 3.05) is 13.2 Å². The summed E-state index contributed by atoms with van der Waals surface area (Å²) in [6.45, 7) is 7.59. The molecule has 8 heteroatoms. The van der Waals surface area contributed by atoms with E-state index < -0.39 is 31.1 Å². The molecule has 6 nitrogen and oxygen atoms in total. The summed E-state index contributed by atoms with van der Waals surface area (Å²) in [4.78, 5) is 0.214. The van der Waals surface area contributed by atoms with Crippen LogP contribution in [0.15, 0.2) is 70.5 Å². The fourth-order valence-electron chi connectivity index (χ4n) is 4.98. The summed E-state index contributed by atoms with van der Waals surface area (Å²) in [6.07, 6.45) is 4.99. The fraction of sp³-hybridized carbons (Fsp3) is 0.440. The van der Waals surface area contributed by atoms with Crippen LogP contribution in [0.4, 0.5) is 0 Å². The van der Waals surface area contributed by atoms with Crippen molar-refractivity contribution in [3.8, 4) is 0 Å². The molecule has 4 rings (SSSR count). The molecule has 0 spiro atoms. The Morgan fingerprint density at radius 3 is 1.36 bits per heavy atom. The fourth-order valence-corrected chi connectivity index (χ4v) is 6.99. The molecule has 0 saturated heterocycles. The Bertz CT molecular complexity index is 1160. The Morgan fingerprint density at radius 1 is 0.697 bits per heavy atom. The van der Waals surface area contributed by atoms with Crippen LogP contribution < -0.4 is 0 Å². The van der Waals surface area contributed by atoms with Crippen LogP contribution in [0.5, 0.6) is 0 Å². The molecule has 0 N–H and O–H groups in total. The summed E-state index contributed by atoms with van der Waals surface area (Å²) < 4.78 is 62.4. The second-order valence-corrected chi connectivity index (χ2v) is 13.0. The molecule has 0 aliphatic heterocycles. The molecule has 0 heterocycles. The molecule has 33 heavy (non-hydrogen) atoms. The van der Waals surface area contributed by atoms with Crippen molar-refractivity contribution in [1.29, 1.82) is 0 Å². The van der Waals surface area contributed by atoms with E-state index in [1.165, 1.54) is 24.3 Å². The maximum Gasteiger partial charge on any atom is 0.296 e. The van der Waals surface area contributed by atoms with Crippen LogP contribution in [0.2, 0.25) is 0 Å². The molecule has 2 bridgehead atoms. The summed E-state index contributed by atoms with van der Waals surface area (Å²) in [5.41, 5.74) is 0.678. The van der Waals surface area contributed by atoms with E-state index in [0.29, 0.717) is 0 Å². The SMILES string of the molecule is Cc1ccc(S(=O)(=O)OC[C@]2(C)[C@H]3C=C[C@@H](C3)[C@@]2(C)COS(=O)(=O)c2ccc(C)cc2)cc1. The lowest BCUT2D eigenvalue weighted by atomic mass is 9.60. The standard InChI is InChI=1S/C25H30O6S2/c1-18-5-11-22(12-6-18)32(26,27)30-16-24(3)20-9-10-21(15-20)25(24,4)17-31-33(28,29)23-13-7-19(2)8-14-23/h5-14,20-21H,15-17H2,1-4H3/t20-,21-,24+,25+/m0/s1. The van der Waals surface area contributed by atoms with Gasteiger partial charge in [-0.3, -0.25) is 8.37 Å². The molecule has 2 aromatic rings. The smallest absolute Gasteiger partial charge is 0.266 e. The third-order valence-electron chi connectivity index (χ3n) is 7.67. The molecule has 1 saturated carbocycles. The monoisotopic (exact) mass is 490 g/mol. The Labute approximate surface area is 196 Å². The molecule has 0 radical (unpaired) electrons. The quantitative estimate of drug-likeness (QED) is 0.396. The van der Waals surface area contributed by atoms with Crippen molar-refractivity contribution in [3.05, 3.63) is 71.8 Å². The minimum absolute atomic E-state index is 0.0564. The topological polar surface area (TPSA) is 86.7 Å². The maximum absolute atomic E-state index is 12.8. The van der Waals surface area contributed by atoms with E-state index in [9.17, 15) is 16.8 Å². The molecule has 4 atom stereocenters. The Kier molecular flexibility index (Phi) is 6.10. The summed E-state index contributed by atoms with van der Waals surface area (Å²) in [6, 6.07) is 13.0. The molecule has 2 aliphatic carbocycles. The van der Waals surface area contributed by atoms with Gasteiger partial charge >= 0.3 is 0 Å². The van der Waals surface area contributed by atoms with Crippen molar-refractivity contribution in [2.24, 2.45) is 22.7 Å². The Balaban J connectivity index is 1.55. The van der Waals surface area contributed by atoms with Crippen LogP contribution in [0.25, 0.3) is 0 Å². The van der Waals surface area contributed by atoms with E-state index in [-0.39, 0.29) is 34.8 Å². The van der Waals surface area contributed by atoms with Gasteiger partial charge in [0.1, 0.15) is 0 Å². The summed E-state index contributed by atoms with van der Waals surface area (Å²) in [5.74, 6) is 0.151. The molecular weight excluding hydrogens is 460 g/mol. The summed E-state index contributed by atoms with van der Waals surface area (Å²) >= 11 is 0. The van der Waals surface area contributed by atoms with Crippen LogP contribution in [0.1, 0.15) is 31.4 Å². The molecule has 2 aromatic carbocycles. The number of rotatable bonds is 8. The first-order chi connectivity index (χ1) is 15.4. The van der Waals surface area contributed by atoms with Crippen molar-refractivity contribution in [3.63, 3.8) is 0 Å². The average molecular weight is 491 g/mol. The zero-order chi connectivity index (χ0) is 24.1. The van der Waals surface area contributed by atoms with E-state index >= 15 is 0 Å². The Hall–Kier alpha value is -2.00. The second-order valence-electron chi connectivity index (χ2n) is 9.73. The lowest BCUT2D eigenvalue weighted by Crippen LogP contribution is -2.48. The normalized spacial score (nSPS) is 29.0. The van der Waals surface area contributed by atoms with Crippen molar-refractivity contribution in [1.82, 2.24) is 0 Å². The predicted molar refractivity (Wildman–Crippen MR) is 126 cm³/mol. The minimum atomic E-state index is -3.94. The second kappa shape index (κ2) is 8.34. The highest BCUT2D eigenvalue weighted by atomic mass is 32.2. The highest BCUT2D eigenvalue weighted by Gasteiger charge is 2.61. The van der Waals surface area contributed by atoms with E-state index in [2.05, 4.69) is 12.2 Å². The van der Waals surface area contributed by atoms with Gasteiger partial charge in [0, 0.05) is 10.8 Å². The number of fused-ring (bicyclic) bond motifs is 2. The van der Waals surface area contributed by atoms with Crippen LogP contribution in [0.3, 0.4) is 0 Å². The third kappa shape index (κ3) is 4.30. The van der Waals surface area contributed by atoms with Crippen LogP contribution in [0, 0.1) is 36.5 Å². The number of hydrogen-bond acceptors (Lipinski definition) is 6. The highest BCUT2D eigenvalue weighted by molar-refractivity contribution is 7.87. The van der Waals surface area contributed by atoms with Gasteiger partial charge in [0.05, 0.1) is 23.0 Å². The van der Waals surface area contributed by atoms with Gasteiger partial charge in [-0.15, -0.1) is 0 Å². The van der Waals surface area contributed by atoms with E-state index in [0.717, 1.165) is 17.5 Å². The lowest BCUT2D eigenvalue weighted by Gasteiger charge is -2.46. The van der Waals surface area contributed by atoms with E-state index in [1.54, 1.807) is 24.3 Å². The van der Waals surface area contributed by atoms with Gasteiger partial charge in [0.25, 0.3) is 20.2 Å². The van der Waals surface area contributed by atoms with Gasteiger partial charge in [-0.25, -0.2) is 0 Å². The molecule has 0 aromatic heterocycles. The predicted octanol–water partition coefficient (Wildman–Crippen LogP) is 4.63. The van der Waals surface area contributed by atoms with Crippen molar-refractivity contribution < 1.29 is 25.2 Å². The Morgan fingerprint density at radius 2 is 1.03 bits per heavy atom. The first-order valence-electron chi connectivity index (χ1n) is 11.0. The first kappa shape index (κ1) is 24.1. The average Bonchev–Trinajstić information content (AvgIpc) is 3.34. The number of benzene rings is 2. The number of aryl methyl sites for hydroxylation is 2. The molecule has 1 fully saturated rings. The van der Waals surface area contributed by atoms with Crippen LogP contribution in [-0.2, 0) is 28.6 Å².